The van der Waals surface area contributed by atoms with Gasteiger partial charge in [-0.1, -0.05) is 6.08 Å². The third-order valence-corrected chi connectivity index (χ3v) is 1.73. The molecule has 0 N–H and O–H groups in total. The SMILES string of the molecule is CN([O-])C1=CC/C(=[N+](/C)[O-])C=C1. The number of likely N-dealkylation sites (N-methyl/N-ethyl adjacent to an activating group) is 1. The van der Waals surface area contributed by atoms with Crippen LogP contribution in [-0.2, 0) is 0 Å². The van der Waals surface area contributed by atoms with Gasteiger partial charge in [-0.25, -0.2) is 4.74 Å². The summed E-state index contributed by atoms with van der Waals surface area (Å²) in [5.41, 5.74) is 1.27. The Morgan fingerprint density at radius 2 is 2.17 bits per heavy atom. The first-order chi connectivity index (χ1) is 5.61. The summed E-state index contributed by atoms with van der Waals surface area (Å²) in [7, 11) is 2.88. The largest absolute Gasteiger partial charge is 0.758 e. The summed E-state index contributed by atoms with van der Waals surface area (Å²) >= 11 is 0. The average Bonchev–Trinajstić information content (AvgIpc) is 2.04. The van der Waals surface area contributed by atoms with E-state index in [0.29, 0.717) is 17.8 Å². The molecule has 0 aromatic heterocycles. The van der Waals surface area contributed by atoms with Crippen LogP contribution >= 0.6 is 0 Å². The molecule has 0 atom stereocenters. The summed E-state index contributed by atoms with van der Waals surface area (Å²) in [6.07, 6.45) is 5.56. The lowest BCUT2D eigenvalue weighted by atomic mass is 10.1. The van der Waals surface area contributed by atoms with E-state index >= 15 is 0 Å². The predicted octanol–water partition coefficient (Wildman–Crippen LogP) is 0.841. The lowest BCUT2D eigenvalue weighted by molar-refractivity contribution is -0.422. The Kier molecular flexibility index (Phi) is 2.50. The van der Waals surface area contributed by atoms with Crippen molar-refractivity contribution in [3.8, 4) is 0 Å². The maximum Gasteiger partial charge on any atom is 0.190 e. The number of hydrogen-bond donors (Lipinski definition) is 0. The summed E-state index contributed by atoms with van der Waals surface area (Å²) in [4.78, 5) is 0. The normalized spacial score (nSPS) is 20.4. The standard InChI is InChI=1S/C8H11N2O2/c1-9(11)7-3-5-8(6-4-7)10(2)12/h3-5H,6H2,1-2H3/q-1/b10-8-. The molecule has 0 amide bonds. The topological polar surface area (TPSA) is 52.4 Å². The van der Waals surface area contributed by atoms with E-state index in [0.717, 1.165) is 9.80 Å². The molecule has 0 fully saturated rings. The Bertz CT molecular complexity index is 260. The molecule has 0 aliphatic heterocycles. The van der Waals surface area contributed by atoms with Crippen molar-refractivity contribution < 1.29 is 4.74 Å². The lowest BCUT2D eigenvalue weighted by Crippen LogP contribution is -2.15. The molecule has 1 aliphatic carbocycles. The smallest absolute Gasteiger partial charge is 0.190 e. The minimum atomic E-state index is 0.526. The molecule has 66 valence electrons. The number of nitrogens with zero attached hydrogens (tertiary/aromatic N) is 2. The summed E-state index contributed by atoms with van der Waals surface area (Å²) in [5.74, 6) is 0. The number of hydrogen-bond acceptors (Lipinski definition) is 3. The van der Waals surface area contributed by atoms with Gasteiger partial charge in [0.2, 0.25) is 0 Å². The van der Waals surface area contributed by atoms with Gasteiger partial charge < -0.3 is 15.5 Å². The predicted molar refractivity (Wildman–Crippen MR) is 47.5 cm³/mol. The minimum absolute atomic E-state index is 0.526. The zero-order valence-corrected chi connectivity index (χ0v) is 7.15. The molecular formula is C8H11N2O2-. The minimum Gasteiger partial charge on any atom is -0.758 e. The highest BCUT2D eigenvalue weighted by Gasteiger charge is 2.06. The van der Waals surface area contributed by atoms with Crippen molar-refractivity contribution in [1.29, 1.82) is 0 Å². The van der Waals surface area contributed by atoms with Gasteiger partial charge in [-0.05, 0) is 13.1 Å². The van der Waals surface area contributed by atoms with Crippen LogP contribution in [0.1, 0.15) is 6.42 Å². The molecule has 0 heterocycles. The molecule has 0 unspecified atom stereocenters. The average molecular weight is 167 g/mol. The molecule has 0 aromatic rings. The third-order valence-electron chi connectivity index (χ3n) is 1.73. The molecule has 4 heteroatoms. The molecule has 0 bridgehead atoms. The van der Waals surface area contributed by atoms with Crippen molar-refractivity contribution in [3.05, 3.63) is 34.3 Å². The Balaban J connectivity index is 2.75. The second kappa shape index (κ2) is 3.40. The van der Waals surface area contributed by atoms with Crippen LogP contribution in [0.4, 0.5) is 0 Å². The molecule has 1 aliphatic rings. The fourth-order valence-electron chi connectivity index (χ4n) is 0.994. The van der Waals surface area contributed by atoms with Crippen LogP contribution in [-0.4, -0.2) is 29.6 Å². The van der Waals surface area contributed by atoms with Crippen molar-refractivity contribution in [2.24, 2.45) is 0 Å². The molecular weight excluding hydrogens is 156 g/mol. The van der Waals surface area contributed by atoms with Crippen molar-refractivity contribution in [3.63, 3.8) is 0 Å². The summed E-state index contributed by atoms with van der Waals surface area (Å²) in [6, 6.07) is 0. The van der Waals surface area contributed by atoms with Crippen LogP contribution in [0.15, 0.2) is 23.9 Å². The highest BCUT2D eigenvalue weighted by atomic mass is 16.5. The van der Waals surface area contributed by atoms with E-state index in [1.165, 1.54) is 14.1 Å². The quantitative estimate of drug-likeness (QED) is 0.330. The first-order valence-electron chi connectivity index (χ1n) is 3.67. The Morgan fingerprint density at radius 1 is 1.50 bits per heavy atom. The third kappa shape index (κ3) is 1.85. The number of allylic oxidation sites excluding steroid dienone is 3. The number of rotatable bonds is 1. The van der Waals surface area contributed by atoms with Crippen molar-refractivity contribution in [2.45, 2.75) is 6.42 Å². The highest BCUT2D eigenvalue weighted by Crippen LogP contribution is 2.09. The van der Waals surface area contributed by atoms with Gasteiger partial charge in [0.15, 0.2) is 5.71 Å². The fraction of sp³-hybridized carbons (Fsp3) is 0.375. The maximum absolute atomic E-state index is 10.8. The van der Waals surface area contributed by atoms with E-state index in [-0.39, 0.29) is 0 Å². The Labute approximate surface area is 71.3 Å². The van der Waals surface area contributed by atoms with E-state index in [4.69, 9.17) is 0 Å². The van der Waals surface area contributed by atoms with E-state index in [2.05, 4.69) is 0 Å². The molecule has 0 radical (unpaired) electrons. The van der Waals surface area contributed by atoms with Crippen LogP contribution in [0.3, 0.4) is 0 Å². The monoisotopic (exact) mass is 167 g/mol. The van der Waals surface area contributed by atoms with Crippen LogP contribution in [0.25, 0.3) is 0 Å². The maximum atomic E-state index is 10.8. The van der Waals surface area contributed by atoms with Crippen molar-refractivity contribution in [1.82, 2.24) is 5.06 Å². The van der Waals surface area contributed by atoms with Gasteiger partial charge >= 0.3 is 0 Å². The molecule has 0 spiro atoms. The second-order valence-electron chi connectivity index (χ2n) is 2.65. The second-order valence-corrected chi connectivity index (χ2v) is 2.65. The van der Waals surface area contributed by atoms with Crippen LogP contribution < -0.4 is 0 Å². The van der Waals surface area contributed by atoms with Gasteiger partial charge in [0.25, 0.3) is 0 Å². The number of hydroxylamine groups is 3. The van der Waals surface area contributed by atoms with Gasteiger partial charge in [-0.2, -0.15) is 0 Å². The molecule has 0 aromatic carbocycles. The Hall–Kier alpha value is -1.29. The molecule has 4 nitrogen and oxygen atoms in total. The van der Waals surface area contributed by atoms with E-state index < -0.39 is 0 Å². The van der Waals surface area contributed by atoms with Crippen molar-refractivity contribution in [2.75, 3.05) is 14.1 Å². The zero-order valence-electron chi connectivity index (χ0n) is 7.15. The van der Waals surface area contributed by atoms with E-state index in [1.54, 1.807) is 18.2 Å². The fourth-order valence-corrected chi connectivity index (χ4v) is 0.994. The molecule has 0 saturated heterocycles. The van der Waals surface area contributed by atoms with Crippen LogP contribution in [0.5, 0.6) is 0 Å². The summed E-state index contributed by atoms with van der Waals surface area (Å²) < 4.78 is 0.800. The zero-order chi connectivity index (χ0) is 9.14. The van der Waals surface area contributed by atoms with Crippen LogP contribution in [0, 0.1) is 10.4 Å². The van der Waals surface area contributed by atoms with E-state index in [1.807, 2.05) is 0 Å². The highest BCUT2D eigenvalue weighted by molar-refractivity contribution is 5.93. The lowest BCUT2D eigenvalue weighted by Gasteiger charge is -2.27. The van der Waals surface area contributed by atoms with Gasteiger partial charge in [-0.3, -0.25) is 0 Å². The van der Waals surface area contributed by atoms with Crippen LogP contribution in [0.2, 0.25) is 0 Å². The van der Waals surface area contributed by atoms with Crippen molar-refractivity contribution >= 4 is 5.71 Å². The molecule has 0 saturated carbocycles. The molecule has 12 heavy (non-hydrogen) atoms. The van der Waals surface area contributed by atoms with Gasteiger partial charge in [0.1, 0.15) is 7.05 Å². The van der Waals surface area contributed by atoms with Gasteiger partial charge in [0, 0.05) is 11.8 Å². The Morgan fingerprint density at radius 3 is 2.50 bits per heavy atom. The van der Waals surface area contributed by atoms with E-state index in [9.17, 15) is 10.4 Å². The summed E-state index contributed by atoms with van der Waals surface area (Å²) in [6.45, 7) is 0. The van der Waals surface area contributed by atoms with Gasteiger partial charge in [-0.15, -0.1) is 0 Å². The molecule has 1 rings (SSSR count). The summed E-state index contributed by atoms with van der Waals surface area (Å²) in [5, 5.41) is 22.3. The first-order valence-corrected chi connectivity index (χ1v) is 3.67. The van der Waals surface area contributed by atoms with Gasteiger partial charge in [0.05, 0.1) is 6.42 Å². The first kappa shape index (κ1) is 8.80.